The summed E-state index contributed by atoms with van der Waals surface area (Å²) in [7, 11) is 0. The first-order valence-electron chi connectivity index (χ1n) is 6.69. The molecule has 1 aromatic rings. The van der Waals surface area contributed by atoms with E-state index >= 15 is 0 Å². The van der Waals surface area contributed by atoms with Crippen LogP contribution in [0.5, 0.6) is 0 Å². The number of hydrogen-bond acceptors (Lipinski definition) is 4. The van der Waals surface area contributed by atoms with Crippen molar-refractivity contribution in [3.63, 3.8) is 0 Å². The third-order valence-corrected chi connectivity index (χ3v) is 3.43. The average Bonchev–Trinajstić information content (AvgIpc) is 3.00. The van der Waals surface area contributed by atoms with Crippen molar-refractivity contribution in [1.29, 1.82) is 0 Å². The molecule has 2 unspecified atom stereocenters. The molecule has 0 aliphatic carbocycles. The van der Waals surface area contributed by atoms with Gasteiger partial charge in [-0.05, 0) is 13.3 Å². The smallest absolute Gasteiger partial charge is 0.291 e. The summed E-state index contributed by atoms with van der Waals surface area (Å²) in [6, 6.07) is 0.0755. The van der Waals surface area contributed by atoms with Crippen LogP contribution in [0.15, 0.2) is 0 Å². The average molecular weight is 266 g/mol. The van der Waals surface area contributed by atoms with Crippen molar-refractivity contribution >= 4 is 5.91 Å². The molecule has 2 atom stereocenters. The van der Waals surface area contributed by atoms with E-state index in [1.165, 1.54) is 0 Å². The molecular formula is C13H22N4O2. The first-order valence-corrected chi connectivity index (χ1v) is 6.69. The van der Waals surface area contributed by atoms with Crippen LogP contribution in [0.2, 0.25) is 0 Å². The number of hydrogen-bond donors (Lipinski definition) is 2. The summed E-state index contributed by atoms with van der Waals surface area (Å²) in [6.45, 7) is 9.55. The maximum atomic E-state index is 12.1. The molecule has 0 saturated carbocycles. The summed E-state index contributed by atoms with van der Waals surface area (Å²) in [4.78, 5) is 16.3. The lowest BCUT2D eigenvalue weighted by Gasteiger charge is -2.18. The van der Waals surface area contributed by atoms with Gasteiger partial charge in [0, 0.05) is 24.0 Å². The second-order valence-corrected chi connectivity index (χ2v) is 6.14. The lowest BCUT2D eigenvalue weighted by atomic mass is 9.96. The first kappa shape index (κ1) is 14.0. The van der Waals surface area contributed by atoms with Gasteiger partial charge in [0.25, 0.3) is 5.91 Å². The van der Waals surface area contributed by atoms with Gasteiger partial charge in [-0.2, -0.15) is 0 Å². The van der Waals surface area contributed by atoms with Crippen LogP contribution in [0.4, 0.5) is 0 Å². The Morgan fingerprint density at radius 3 is 2.79 bits per heavy atom. The van der Waals surface area contributed by atoms with Gasteiger partial charge in [-0.3, -0.25) is 9.89 Å². The number of nitrogens with one attached hydrogen (secondary N) is 2. The fraction of sp³-hybridized carbons (Fsp3) is 0.769. The monoisotopic (exact) mass is 266 g/mol. The Morgan fingerprint density at radius 2 is 2.26 bits per heavy atom. The summed E-state index contributed by atoms with van der Waals surface area (Å²) in [5, 5.41) is 9.74. The van der Waals surface area contributed by atoms with Gasteiger partial charge in [0.05, 0.1) is 6.61 Å². The number of aromatic nitrogens is 3. The van der Waals surface area contributed by atoms with E-state index in [1.807, 2.05) is 27.7 Å². The Labute approximate surface area is 113 Å². The van der Waals surface area contributed by atoms with Gasteiger partial charge < -0.3 is 10.1 Å². The molecule has 2 heterocycles. The minimum Gasteiger partial charge on any atom is -0.381 e. The van der Waals surface area contributed by atoms with E-state index in [0.717, 1.165) is 18.9 Å². The molecule has 106 valence electrons. The third kappa shape index (κ3) is 3.32. The van der Waals surface area contributed by atoms with E-state index in [0.29, 0.717) is 12.5 Å². The Balaban J connectivity index is 1.97. The van der Waals surface area contributed by atoms with Crippen molar-refractivity contribution in [2.24, 2.45) is 5.92 Å². The van der Waals surface area contributed by atoms with Crippen LogP contribution in [0.25, 0.3) is 0 Å². The number of ether oxygens (including phenoxy) is 1. The molecule has 0 bridgehead atoms. The maximum absolute atomic E-state index is 12.1. The molecule has 1 saturated heterocycles. The highest BCUT2D eigenvalue weighted by atomic mass is 16.5. The molecular weight excluding hydrogens is 244 g/mol. The highest BCUT2D eigenvalue weighted by Crippen LogP contribution is 2.18. The normalized spacial score (nSPS) is 21.4. The number of rotatable bonds is 3. The topological polar surface area (TPSA) is 79.9 Å². The number of carbonyl (C=O) groups is 1. The number of carbonyl (C=O) groups excluding carboxylic acids is 1. The highest BCUT2D eigenvalue weighted by Gasteiger charge is 2.26. The van der Waals surface area contributed by atoms with Crippen molar-refractivity contribution in [3.8, 4) is 0 Å². The van der Waals surface area contributed by atoms with E-state index < -0.39 is 0 Å². The van der Waals surface area contributed by atoms with Crippen molar-refractivity contribution in [3.05, 3.63) is 11.6 Å². The molecule has 1 fully saturated rings. The first-order chi connectivity index (χ1) is 8.88. The van der Waals surface area contributed by atoms with E-state index in [1.54, 1.807) is 0 Å². The molecule has 1 aliphatic rings. The van der Waals surface area contributed by atoms with Gasteiger partial charge in [-0.25, -0.2) is 4.98 Å². The van der Waals surface area contributed by atoms with Crippen LogP contribution >= 0.6 is 0 Å². The van der Waals surface area contributed by atoms with Gasteiger partial charge in [0.1, 0.15) is 5.82 Å². The molecule has 6 nitrogen and oxygen atoms in total. The number of H-pyrrole nitrogens is 1. The van der Waals surface area contributed by atoms with E-state index in [4.69, 9.17) is 4.74 Å². The Hall–Kier alpha value is -1.43. The molecule has 6 heteroatoms. The molecule has 19 heavy (non-hydrogen) atoms. The maximum Gasteiger partial charge on any atom is 0.291 e. The molecule has 1 aliphatic heterocycles. The SMILES string of the molecule is CC(NC(=O)c1n[nH]c(C(C)(C)C)n1)C1CCOC1. The minimum atomic E-state index is -0.230. The molecule has 0 radical (unpaired) electrons. The summed E-state index contributed by atoms with van der Waals surface area (Å²) >= 11 is 0. The van der Waals surface area contributed by atoms with Crippen LogP contribution in [-0.2, 0) is 10.2 Å². The standard InChI is InChI=1S/C13H22N4O2/c1-8(9-5-6-19-7-9)14-11(18)10-15-12(17-16-10)13(2,3)4/h8-9H,5-7H2,1-4H3,(H,14,18)(H,15,16,17). The van der Waals surface area contributed by atoms with Crippen molar-refractivity contribution in [2.45, 2.75) is 45.6 Å². The highest BCUT2D eigenvalue weighted by molar-refractivity contribution is 5.90. The Morgan fingerprint density at radius 1 is 1.53 bits per heavy atom. The lowest BCUT2D eigenvalue weighted by molar-refractivity contribution is 0.0912. The van der Waals surface area contributed by atoms with Crippen molar-refractivity contribution in [1.82, 2.24) is 20.5 Å². The van der Waals surface area contributed by atoms with Gasteiger partial charge >= 0.3 is 0 Å². The molecule has 2 rings (SSSR count). The van der Waals surface area contributed by atoms with Crippen molar-refractivity contribution in [2.75, 3.05) is 13.2 Å². The quantitative estimate of drug-likeness (QED) is 0.863. The third-order valence-electron chi connectivity index (χ3n) is 3.43. The van der Waals surface area contributed by atoms with Gasteiger partial charge in [0.2, 0.25) is 5.82 Å². The lowest BCUT2D eigenvalue weighted by Crippen LogP contribution is -2.38. The largest absolute Gasteiger partial charge is 0.381 e. The van der Waals surface area contributed by atoms with Crippen LogP contribution in [0.3, 0.4) is 0 Å². The fourth-order valence-electron chi connectivity index (χ4n) is 2.04. The number of amides is 1. The molecule has 1 aromatic heterocycles. The summed E-state index contributed by atoms with van der Waals surface area (Å²) < 4.78 is 5.33. The number of nitrogens with zero attached hydrogens (tertiary/aromatic N) is 2. The predicted octanol–water partition coefficient (Wildman–Crippen LogP) is 1.26. The van der Waals surface area contributed by atoms with Crippen LogP contribution < -0.4 is 5.32 Å². The second-order valence-electron chi connectivity index (χ2n) is 6.14. The second kappa shape index (κ2) is 5.28. The van der Waals surface area contributed by atoms with Crippen molar-refractivity contribution < 1.29 is 9.53 Å². The van der Waals surface area contributed by atoms with Gasteiger partial charge in [-0.1, -0.05) is 20.8 Å². The molecule has 0 spiro atoms. The Bertz CT molecular complexity index is 444. The van der Waals surface area contributed by atoms with Crippen LogP contribution in [0.1, 0.15) is 50.6 Å². The van der Waals surface area contributed by atoms with Crippen LogP contribution in [0, 0.1) is 5.92 Å². The zero-order chi connectivity index (χ0) is 14.0. The predicted molar refractivity (Wildman–Crippen MR) is 70.9 cm³/mol. The van der Waals surface area contributed by atoms with E-state index in [2.05, 4.69) is 20.5 Å². The molecule has 2 N–H and O–H groups in total. The van der Waals surface area contributed by atoms with Crippen LogP contribution in [-0.4, -0.2) is 40.3 Å². The minimum absolute atomic E-state index is 0.0755. The summed E-state index contributed by atoms with van der Waals surface area (Å²) in [6.07, 6.45) is 0.989. The van der Waals surface area contributed by atoms with Gasteiger partial charge in [0.15, 0.2) is 0 Å². The Kier molecular flexibility index (Phi) is 3.89. The van der Waals surface area contributed by atoms with E-state index in [9.17, 15) is 4.79 Å². The summed E-state index contributed by atoms with van der Waals surface area (Å²) in [5.41, 5.74) is -0.142. The number of aromatic amines is 1. The van der Waals surface area contributed by atoms with Gasteiger partial charge in [-0.15, -0.1) is 5.10 Å². The zero-order valence-corrected chi connectivity index (χ0v) is 12.0. The van der Waals surface area contributed by atoms with E-state index in [-0.39, 0.29) is 23.2 Å². The molecule has 1 amide bonds. The fourth-order valence-corrected chi connectivity index (χ4v) is 2.04. The molecule has 0 aromatic carbocycles. The summed E-state index contributed by atoms with van der Waals surface area (Å²) in [5.74, 6) is 1.07. The zero-order valence-electron chi connectivity index (χ0n) is 12.0.